The van der Waals surface area contributed by atoms with Gasteiger partial charge in [0, 0.05) is 13.3 Å². The summed E-state index contributed by atoms with van der Waals surface area (Å²) in [7, 11) is 0. The zero-order valence-electron chi connectivity index (χ0n) is 13.7. The number of ether oxygens (including phenoxy) is 1. The number of hydrogen-bond donors (Lipinski definition) is 2. The molecule has 4 heteroatoms. The van der Waals surface area contributed by atoms with Gasteiger partial charge in [-0.3, -0.25) is 4.79 Å². The molecular formula is C17H28O4. The van der Waals surface area contributed by atoms with Crippen molar-refractivity contribution >= 4 is 5.97 Å². The van der Waals surface area contributed by atoms with Crippen LogP contribution in [0.15, 0.2) is 36.5 Å². The molecule has 4 nitrogen and oxygen atoms in total. The minimum atomic E-state index is -1.10. The lowest BCUT2D eigenvalue weighted by Gasteiger charge is -2.24. The second-order valence-electron chi connectivity index (χ2n) is 6.19. The maximum atomic E-state index is 11.1. The summed E-state index contributed by atoms with van der Waals surface area (Å²) in [6, 6.07) is 0. The van der Waals surface area contributed by atoms with E-state index in [0.717, 1.165) is 5.57 Å². The van der Waals surface area contributed by atoms with Gasteiger partial charge in [0.05, 0.1) is 11.2 Å². The van der Waals surface area contributed by atoms with Gasteiger partial charge in [0.25, 0.3) is 0 Å². The molecule has 0 aromatic carbocycles. The van der Waals surface area contributed by atoms with Crippen LogP contribution in [-0.4, -0.2) is 33.5 Å². The summed E-state index contributed by atoms with van der Waals surface area (Å²) in [6.45, 7) is 11.8. The second kappa shape index (κ2) is 8.15. The molecule has 0 aliphatic rings. The molecule has 21 heavy (non-hydrogen) atoms. The fraction of sp³-hybridized carbons (Fsp3) is 0.588. The van der Waals surface area contributed by atoms with Crippen molar-refractivity contribution in [3.05, 3.63) is 36.5 Å². The van der Waals surface area contributed by atoms with Gasteiger partial charge in [0.1, 0.15) is 6.10 Å². The first-order valence-corrected chi connectivity index (χ1v) is 7.06. The lowest BCUT2D eigenvalue weighted by atomic mass is 9.97. The van der Waals surface area contributed by atoms with E-state index in [1.165, 1.54) is 13.0 Å². The monoisotopic (exact) mass is 296 g/mol. The lowest BCUT2D eigenvalue weighted by Crippen LogP contribution is -2.29. The maximum Gasteiger partial charge on any atom is 0.303 e. The van der Waals surface area contributed by atoms with Crippen molar-refractivity contribution in [2.75, 3.05) is 0 Å². The van der Waals surface area contributed by atoms with E-state index in [4.69, 9.17) is 4.74 Å². The molecule has 0 aromatic rings. The molecule has 0 aliphatic heterocycles. The van der Waals surface area contributed by atoms with Crippen molar-refractivity contribution in [2.45, 2.75) is 64.8 Å². The van der Waals surface area contributed by atoms with Gasteiger partial charge >= 0.3 is 5.97 Å². The molecule has 120 valence electrons. The van der Waals surface area contributed by atoms with Crippen LogP contribution < -0.4 is 0 Å². The summed E-state index contributed by atoms with van der Waals surface area (Å²) < 4.78 is 5.21. The Morgan fingerprint density at radius 1 is 1.29 bits per heavy atom. The number of esters is 1. The van der Waals surface area contributed by atoms with Crippen LogP contribution in [-0.2, 0) is 9.53 Å². The zero-order chi connectivity index (χ0) is 16.7. The first kappa shape index (κ1) is 19.6. The van der Waals surface area contributed by atoms with Gasteiger partial charge in [0.2, 0.25) is 0 Å². The third kappa shape index (κ3) is 11.0. The van der Waals surface area contributed by atoms with Crippen LogP contribution in [0.2, 0.25) is 0 Å². The maximum absolute atomic E-state index is 11.1. The molecule has 0 radical (unpaired) electrons. The summed E-state index contributed by atoms with van der Waals surface area (Å²) in [5.74, 6) is -0.393. The highest BCUT2D eigenvalue weighted by Gasteiger charge is 2.23. The Kier molecular flexibility index (Phi) is 7.61. The van der Waals surface area contributed by atoms with Crippen molar-refractivity contribution in [1.29, 1.82) is 0 Å². The summed E-state index contributed by atoms with van der Waals surface area (Å²) in [5.41, 5.74) is -0.955. The molecule has 0 amide bonds. The number of aliphatic hydroxyl groups is 2. The molecule has 0 spiro atoms. The molecule has 0 bridgehead atoms. The Morgan fingerprint density at radius 2 is 1.86 bits per heavy atom. The quantitative estimate of drug-likeness (QED) is 0.534. The molecule has 2 atom stereocenters. The van der Waals surface area contributed by atoms with Crippen molar-refractivity contribution in [3.8, 4) is 0 Å². The Bertz CT molecular complexity index is 411. The number of carbonyl (C=O) groups is 1. The summed E-state index contributed by atoms with van der Waals surface area (Å²) in [6.07, 6.45) is 7.20. The molecule has 0 heterocycles. The van der Waals surface area contributed by atoms with Gasteiger partial charge in [0.15, 0.2) is 0 Å². The number of hydrogen-bond acceptors (Lipinski definition) is 4. The fourth-order valence-corrected chi connectivity index (χ4v) is 1.76. The van der Waals surface area contributed by atoms with Crippen LogP contribution in [0.5, 0.6) is 0 Å². The SMILES string of the molecule is C=CC(C)(O)CC(C=C(C)CC=CC(C)(C)O)OC(C)=O. The molecule has 0 fully saturated rings. The van der Waals surface area contributed by atoms with E-state index in [0.29, 0.717) is 6.42 Å². The molecule has 0 saturated heterocycles. The average Bonchev–Trinajstić information content (AvgIpc) is 2.25. The summed E-state index contributed by atoms with van der Waals surface area (Å²) >= 11 is 0. The minimum Gasteiger partial charge on any atom is -0.458 e. The topological polar surface area (TPSA) is 66.8 Å². The first-order chi connectivity index (χ1) is 9.45. The van der Waals surface area contributed by atoms with E-state index in [1.807, 2.05) is 19.1 Å². The molecule has 0 aromatic heterocycles. The van der Waals surface area contributed by atoms with Gasteiger partial charge in [-0.15, -0.1) is 6.58 Å². The van der Waals surface area contributed by atoms with Crippen LogP contribution in [0.4, 0.5) is 0 Å². The normalized spacial score (nSPS) is 17.4. The molecular weight excluding hydrogens is 268 g/mol. The largest absolute Gasteiger partial charge is 0.458 e. The Hall–Kier alpha value is -1.39. The Morgan fingerprint density at radius 3 is 2.29 bits per heavy atom. The van der Waals surface area contributed by atoms with E-state index < -0.39 is 23.3 Å². The van der Waals surface area contributed by atoms with Gasteiger partial charge in [-0.1, -0.05) is 23.8 Å². The van der Waals surface area contributed by atoms with E-state index in [-0.39, 0.29) is 6.42 Å². The van der Waals surface area contributed by atoms with Gasteiger partial charge < -0.3 is 14.9 Å². The van der Waals surface area contributed by atoms with E-state index >= 15 is 0 Å². The number of allylic oxidation sites excluding steroid dienone is 2. The van der Waals surface area contributed by atoms with Crippen LogP contribution in [0.1, 0.15) is 47.5 Å². The molecule has 0 rings (SSSR count). The lowest BCUT2D eigenvalue weighted by molar-refractivity contribution is -0.145. The molecule has 2 unspecified atom stereocenters. The van der Waals surface area contributed by atoms with E-state index in [9.17, 15) is 15.0 Å². The third-order valence-electron chi connectivity index (χ3n) is 2.81. The highest BCUT2D eigenvalue weighted by Crippen LogP contribution is 2.19. The molecule has 0 saturated carbocycles. The van der Waals surface area contributed by atoms with Crippen LogP contribution in [0.25, 0.3) is 0 Å². The fourth-order valence-electron chi connectivity index (χ4n) is 1.76. The highest BCUT2D eigenvalue weighted by molar-refractivity contribution is 5.66. The van der Waals surface area contributed by atoms with E-state index in [2.05, 4.69) is 6.58 Å². The second-order valence-corrected chi connectivity index (χ2v) is 6.19. The zero-order valence-corrected chi connectivity index (χ0v) is 13.7. The van der Waals surface area contributed by atoms with E-state index in [1.54, 1.807) is 26.8 Å². The highest BCUT2D eigenvalue weighted by atomic mass is 16.5. The van der Waals surface area contributed by atoms with Gasteiger partial charge in [-0.2, -0.15) is 0 Å². The van der Waals surface area contributed by atoms with Crippen molar-refractivity contribution < 1.29 is 19.7 Å². The number of rotatable bonds is 8. The average molecular weight is 296 g/mol. The third-order valence-corrected chi connectivity index (χ3v) is 2.81. The standard InChI is InChI=1S/C17H28O4/c1-7-17(6,20)12-15(21-14(3)18)11-13(2)9-8-10-16(4,5)19/h7-8,10-11,15,19-20H,1,9,12H2,2-6H3. The minimum absolute atomic E-state index is 0.253. The van der Waals surface area contributed by atoms with Crippen LogP contribution >= 0.6 is 0 Å². The molecule has 0 aliphatic carbocycles. The van der Waals surface area contributed by atoms with Gasteiger partial charge in [-0.25, -0.2) is 0 Å². The Labute approximate surface area is 127 Å². The van der Waals surface area contributed by atoms with Crippen molar-refractivity contribution in [3.63, 3.8) is 0 Å². The molecule has 2 N–H and O–H groups in total. The Balaban J connectivity index is 4.84. The predicted molar refractivity (Wildman–Crippen MR) is 84.8 cm³/mol. The van der Waals surface area contributed by atoms with Crippen LogP contribution in [0, 0.1) is 0 Å². The smallest absolute Gasteiger partial charge is 0.303 e. The van der Waals surface area contributed by atoms with Crippen molar-refractivity contribution in [2.24, 2.45) is 0 Å². The number of carbonyl (C=O) groups excluding carboxylic acids is 1. The summed E-state index contributed by atoms with van der Waals surface area (Å²) in [4.78, 5) is 11.1. The predicted octanol–water partition coefficient (Wildman–Crippen LogP) is 2.91. The summed E-state index contributed by atoms with van der Waals surface area (Å²) in [5, 5.41) is 19.6. The van der Waals surface area contributed by atoms with Gasteiger partial charge in [-0.05, 0) is 40.2 Å². The van der Waals surface area contributed by atoms with Crippen molar-refractivity contribution in [1.82, 2.24) is 0 Å². The first-order valence-electron chi connectivity index (χ1n) is 7.06. The van der Waals surface area contributed by atoms with Crippen LogP contribution in [0.3, 0.4) is 0 Å².